The minimum atomic E-state index is -0.371. The van der Waals surface area contributed by atoms with E-state index in [-0.39, 0.29) is 27.3 Å². The quantitative estimate of drug-likeness (QED) is 0.531. The van der Waals surface area contributed by atoms with Crippen molar-refractivity contribution < 1.29 is 30.7 Å². The number of benzene rings is 3. The minimum absolute atomic E-state index is 0.221. The van der Waals surface area contributed by atoms with Crippen LogP contribution in [0.1, 0.15) is 16.7 Å². The van der Waals surface area contributed by atoms with Crippen LogP contribution in [0.5, 0.6) is 0 Å². The predicted octanol–water partition coefficient (Wildman–Crippen LogP) is 1.59. The molecule has 0 aliphatic carbocycles. The average Bonchev–Trinajstić information content (AvgIpc) is 2.70. The maximum Gasteiger partial charge on any atom is 0.407 e. The Hall–Kier alpha value is -2.34. The Morgan fingerprint density at radius 3 is 2.41 bits per heavy atom. The molecule has 3 aromatic rings. The van der Waals surface area contributed by atoms with E-state index in [4.69, 9.17) is 4.74 Å². The van der Waals surface area contributed by atoms with Gasteiger partial charge in [-0.05, 0) is 37.1 Å². The Balaban J connectivity index is 1.49. The number of rotatable bonds is 7. The molecule has 0 fully saturated rings. The van der Waals surface area contributed by atoms with Crippen LogP contribution in [0.3, 0.4) is 0 Å². The second-order valence-corrected chi connectivity index (χ2v) is 9.17. The normalized spacial score (nSPS) is 10.4. The molecule has 3 nitrogen and oxygen atoms in total. The van der Waals surface area contributed by atoms with Crippen LogP contribution in [-0.2, 0) is 17.8 Å². The number of hydrogen-bond acceptors (Lipinski definition) is 2. The fraction of sp³-hybridized carbons (Fsp3) is 0.174. The number of ether oxygens (including phenoxy) is 1. The summed E-state index contributed by atoms with van der Waals surface area (Å²) in [5.41, 5.74) is 3.57. The highest BCUT2D eigenvalue weighted by Crippen LogP contribution is 2.02. The Labute approximate surface area is 171 Å². The first-order chi connectivity index (χ1) is 13.2. The highest BCUT2D eigenvalue weighted by Gasteiger charge is 2.19. The number of carbonyl (C=O) groups is 1. The first kappa shape index (κ1) is 19.4. The third kappa shape index (κ3) is 6.40. The van der Waals surface area contributed by atoms with E-state index in [1.165, 1.54) is 18.3 Å². The highest BCUT2D eigenvalue weighted by molar-refractivity contribution is 5.67. The molecular formula is C23H23INO2+. The van der Waals surface area contributed by atoms with Crippen LogP contribution in [-0.4, -0.2) is 12.6 Å². The molecule has 3 aromatic carbocycles. The minimum Gasteiger partial charge on any atom is -0.445 e. The van der Waals surface area contributed by atoms with Crippen molar-refractivity contribution in [2.45, 2.75) is 20.0 Å². The molecule has 0 spiro atoms. The zero-order chi connectivity index (χ0) is 18.9. The van der Waals surface area contributed by atoms with Gasteiger partial charge in [-0.1, -0.05) is 66.2 Å². The molecule has 0 aliphatic rings. The fourth-order valence-electron chi connectivity index (χ4n) is 2.58. The summed E-state index contributed by atoms with van der Waals surface area (Å²) in [5, 5.41) is 2.85. The molecule has 3 rings (SSSR count). The van der Waals surface area contributed by atoms with Crippen molar-refractivity contribution >= 4 is 6.09 Å². The lowest BCUT2D eigenvalue weighted by atomic mass is 10.1. The maximum absolute atomic E-state index is 11.9. The lowest BCUT2D eigenvalue weighted by Gasteiger charge is -2.07. The molecule has 0 radical (unpaired) electrons. The molecule has 0 saturated carbocycles. The van der Waals surface area contributed by atoms with Gasteiger partial charge in [0.25, 0.3) is 0 Å². The topological polar surface area (TPSA) is 38.3 Å². The van der Waals surface area contributed by atoms with Gasteiger partial charge in [-0.3, -0.25) is 0 Å². The molecule has 138 valence electrons. The van der Waals surface area contributed by atoms with Crippen molar-refractivity contribution in [2.24, 2.45) is 0 Å². The van der Waals surface area contributed by atoms with E-state index in [2.05, 4.69) is 60.8 Å². The summed E-state index contributed by atoms with van der Waals surface area (Å²) in [5.74, 6) is 0. The number of alkyl carbamates (subject to hydrolysis) is 1. The van der Waals surface area contributed by atoms with E-state index in [1.54, 1.807) is 0 Å². The molecular weight excluding hydrogens is 449 g/mol. The largest absolute Gasteiger partial charge is 0.445 e. The first-order valence-corrected chi connectivity index (χ1v) is 11.1. The maximum atomic E-state index is 11.9. The van der Waals surface area contributed by atoms with Crippen LogP contribution in [0.25, 0.3) is 0 Å². The Morgan fingerprint density at radius 1 is 0.926 bits per heavy atom. The summed E-state index contributed by atoms with van der Waals surface area (Å²) in [6.45, 7) is 2.98. The van der Waals surface area contributed by atoms with E-state index in [0.717, 1.165) is 12.0 Å². The van der Waals surface area contributed by atoms with Gasteiger partial charge in [0.1, 0.15) is 6.61 Å². The van der Waals surface area contributed by atoms with E-state index in [1.807, 2.05) is 30.3 Å². The van der Waals surface area contributed by atoms with Crippen molar-refractivity contribution in [2.75, 3.05) is 6.54 Å². The lowest BCUT2D eigenvalue weighted by molar-refractivity contribution is -0.598. The van der Waals surface area contributed by atoms with Gasteiger partial charge >= 0.3 is 27.3 Å². The summed E-state index contributed by atoms with van der Waals surface area (Å²) < 4.78 is 8.07. The number of hydrogen-bond donors (Lipinski definition) is 1. The van der Waals surface area contributed by atoms with E-state index < -0.39 is 0 Å². The van der Waals surface area contributed by atoms with Crippen LogP contribution in [0.4, 0.5) is 4.79 Å². The second kappa shape index (κ2) is 10.1. The molecule has 0 aromatic heterocycles. The third-order valence-electron chi connectivity index (χ3n) is 4.06. The number of aryl methyl sites for hydroxylation is 1. The van der Waals surface area contributed by atoms with Gasteiger partial charge in [-0.25, -0.2) is 4.79 Å². The predicted molar refractivity (Wildman–Crippen MR) is 103 cm³/mol. The third-order valence-corrected chi connectivity index (χ3v) is 7.03. The van der Waals surface area contributed by atoms with Gasteiger partial charge in [0.15, 0.2) is 7.14 Å². The monoisotopic (exact) mass is 472 g/mol. The molecule has 27 heavy (non-hydrogen) atoms. The number of amides is 1. The molecule has 0 bridgehead atoms. The Morgan fingerprint density at radius 2 is 1.63 bits per heavy atom. The highest BCUT2D eigenvalue weighted by atomic mass is 127. The molecule has 1 N–H and O–H groups in total. The number of halogens is 1. The summed E-state index contributed by atoms with van der Waals surface area (Å²) >= 11 is -0.221. The van der Waals surface area contributed by atoms with Gasteiger partial charge in [0.2, 0.25) is 0 Å². The van der Waals surface area contributed by atoms with Gasteiger partial charge in [-0.2, -0.15) is 0 Å². The molecule has 0 heterocycles. The summed E-state index contributed by atoms with van der Waals surface area (Å²) in [6, 6.07) is 27.0. The zero-order valence-electron chi connectivity index (χ0n) is 15.3. The Bertz CT molecular complexity index is 863. The molecule has 0 unspecified atom stereocenters. The molecule has 1 amide bonds. The van der Waals surface area contributed by atoms with Gasteiger partial charge in [-0.15, -0.1) is 0 Å². The Kier molecular flexibility index (Phi) is 7.27. The zero-order valence-corrected chi connectivity index (χ0v) is 17.5. The summed E-state index contributed by atoms with van der Waals surface area (Å²) in [7, 11) is 0. The number of nitrogens with one attached hydrogen (secondary N) is 1. The van der Waals surface area contributed by atoms with Crippen molar-refractivity contribution in [3.8, 4) is 0 Å². The van der Waals surface area contributed by atoms with E-state index in [0.29, 0.717) is 13.2 Å². The van der Waals surface area contributed by atoms with Crippen LogP contribution in [0.2, 0.25) is 0 Å². The first-order valence-electron chi connectivity index (χ1n) is 8.94. The van der Waals surface area contributed by atoms with Crippen molar-refractivity contribution in [1.29, 1.82) is 0 Å². The van der Waals surface area contributed by atoms with Crippen molar-refractivity contribution in [3.05, 3.63) is 103 Å². The molecule has 0 aliphatic heterocycles. The summed E-state index contributed by atoms with van der Waals surface area (Å²) in [6.07, 6.45) is 0.437. The van der Waals surface area contributed by atoms with Crippen LogP contribution < -0.4 is 26.5 Å². The van der Waals surface area contributed by atoms with Gasteiger partial charge < -0.3 is 10.1 Å². The molecule has 0 atom stereocenters. The van der Waals surface area contributed by atoms with Crippen molar-refractivity contribution in [1.82, 2.24) is 5.32 Å². The molecule has 4 heteroatoms. The average molecular weight is 472 g/mol. The lowest BCUT2D eigenvalue weighted by Crippen LogP contribution is -3.61. The van der Waals surface area contributed by atoms with Gasteiger partial charge in [0, 0.05) is 12.1 Å². The standard InChI is InChI=1S/C23H22INO2/c1-18-11-13-21(14-12-18)24-22-10-6-5-9-20(22)15-16-25-23(26)27-17-19-7-3-2-4-8-19/h2-14H,15-17H2,1H3/p+1. The summed E-state index contributed by atoms with van der Waals surface area (Å²) in [4.78, 5) is 11.9. The SMILES string of the molecule is Cc1ccc([I+]c2ccccc2CCNC(=O)OCc2ccccc2)cc1. The van der Waals surface area contributed by atoms with Crippen molar-refractivity contribution in [3.63, 3.8) is 0 Å². The fourth-order valence-corrected chi connectivity index (χ4v) is 5.15. The second-order valence-electron chi connectivity index (χ2n) is 6.22. The van der Waals surface area contributed by atoms with Crippen LogP contribution >= 0.6 is 0 Å². The van der Waals surface area contributed by atoms with E-state index in [9.17, 15) is 4.79 Å². The van der Waals surface area contributed by atoms with Crippen LogP contribution in [0, 0.1) is 14.1 Å². The molecule has 0 saturated heterocycles. The number of carbonyl (C=O) groups excluding carboxylic acids is 1. The van der Waals surface area contributed by atoms with Crippen LogP contribution in [0.15, 0.2) is 78.9 Å². The smallest absolute Gasteiger partial charge is 0.407 e. The van der Waals surface area contributed by atoms with E-state index >= 15 is 0 Å². The van der Waals surface area contributed by atoms with Gasteiger partial charge in [0.05, 0.1) is 0 Å².